The fourth-order valence-electron chi connectivity index (χ4n) is 2.15. The molecule has 0 aliphatic carbocycles. The molecule has 27 heavy (non-hydrogen) atoms. The first kappa shape index (κ1) is 22.4. The van der Waals surface area contributed by atoms with Gasteiger partial charge in [0, 0.05) is 27.7 Å². The molecule has 2 N–H and O–H groups in total. The minimum atomic E-state index is -1.93. The van der Waals surface area contributed by atoms with Crippen LogP contribution in [0, 0.1) is 0 Å². The van der Waals surface area contributed by atoms with Crippen molar-refractivity contribution >= 4 is 87.1 Å². The lowest BCUT2D eigenvalue weighted by atomic mass is 10.0. The normalized spacial score (nSPS) is 12.4. The van der Waals surface area contributed by atoms with Crippen molar-refractivity contribution in [3.05, 3.63) is 63.1 Å². The topological polar surface area (TPSA) is 58.2 Å². The van der Waals surface area contributed by atoms with Crippen LogP contribution in [0.5, 0.6) is 0 Å². The standard InChI is InChI=1S/C17H12Cl6N2O2/c18-9-2-1-3-11(6-9)24-16(27)25-15(17(21,22)23)8-14(26)12-5-4-10(19)7-13(12)20/h1-7,15H,8H2,(H2,24,25,27). The molecule has 1 atom stereocenters. The number of carbonyl (C=O) groups is 2. The van der Waals surface area contributed by atoms with E-state index >= 15 is 0 Å². The van der Waals surface area contributed by atoms with Gasteiger partial charge in [-0.2, -0.15) is 0 Å². The van der Waals surface area contributed by atoms with E-state index in [1.807, 2.05) is 0 Å². The lowest BCUT2D eigenvalue weighted by Crippen LogP contribution is -2.46. The van der Waals surface area contributed by atoms with E-state index in [9.17, 15) is 9.59 Å². The molecule has 0 fully saturated rings. The molecule has 144 valence electrons. The maximum atomic E-state index is 12.5. The van der Waals surface area contributed by atoms with Gasteiger partial charge in [-0.3, -0.25) is 4.79 Å². The summed E-state index contributed by atoms with van der Waals surface area (Å²) in [4.78, 5) is 24.7. The molecule has 0 saturated heterocycles. The Hall–Kier alpha value is -0.880. The molecule has 0 aliphatic heterocycles. The second-order valence-electron chi connectivity index (χ2n) is 5.45. The maximum absolute atomic E-state index is 12.5. The fourth-order valence-corrected chi connectivity index (χ4v) is 3.25. The van der Waals surface area contributed by atoms with E-state index < -0.39 is 21.6 Å². The molecule has 0 aliphatic rings. The summed E-state index contributed by atoms with van der Waals surface area (Å²) in [7, 11) is 0. The zero-order valence-corrected chi connectivity index (χ0v) is 17.9. The summed E-state index contributed by atoms with van der Waals surface area (Å²) >= 11 is 35.5. The largest absolute Gasteiger partial charge is 0.330 e. The molecule has 0 heterocycles. The number of hydrogen-bond donors (Lipinski definition) is 2. The van der Waals surface area contributed by atoms with Gasteiger partial charge in [-0.1, -0.05) is 75.7 Å². The summed E-state index contributed by atoms with van der Waals surface area (Å²) in [5.41, 5.74) is 0.646. The molecule has 10 heteroatoms. The van der Waals surface area contributed by atoms with E-state index in [0.29, 0.717) is 15.7 Å². The van der Waals surface area contributed by atoms with Gasteiger partial charge in [0.1, 0.15) is 0 Å². The Morgan fingerprint density at radius 2 is 1.63 bits per heavy atom. The number of anilines is 1. The number of urea groups is 1. The van der Waals surface area contributed by atoms with Gasteiger partial charge in [-0.15, -0.1) is 0 Å². The van der Waals surface area contributed by atoms with Crippen LogP contribution in [0.25, 0.3) is 0 Å². The van der Waals surface area contributed by atoms with Gasteiger partial charge in [-0.25, -0.2) is 4.79 Å². The van der Waals surface area contributed by atoms with Crippen LogP contribution in [-0.4, -0.2) is 21.6 Å². The number of nitrogens with one attached hydrogen (secondary N) is 2. The van der Waals surface area contributed by atoms with Gasteiger partial charge in [-0.05, 0) is 36.4 Å². The van der Waals surface area contributed by atoms with Crippen molar-refractivity contribution in [3.8, 4) is 0 Å². The Morgan fingerprint density at radius 3 is 2.22 bits per heavy atom. The van der Waals surface area contributed by atoms with E-state index in [0.717, 1.165) is 0 Å². The van der Waals surface area contributed by atoms with Gasteiger partial charge in [0.2, 0.25) is 3.79 Å². The van der Waals surface area contributed by atoms with Gasteiger partial charge in [0.25, 0.3) is 0 Å². The van der Waals surface area contributed by atoms with Gasteiger partial charge >= 0.3 is 6.03 Å². The van der Waals surface area contributed by atoms with Crippen LogP contribution < -0.4 is 10.6 Å². The minimum Gasteiger partial charge on any atom is -0.330 e. The van der Waals surface area contributed by atoms with Crippen LogP contribution in [-0.2, 0) is 0 Å². The maximum Gasteiger partial charge on any atom is 0.319 e. The van der Waals surface area contributed by atoms with E-state index in [1.54, 1.807) is 24.3 Å². The molecule has 0 aromatic heterocycles. The molecule has 1 unspecified atom stereocenters. The number of ketones is 1. The fraction of sp³-hybridized carbons (Fsp3) is 0.176. The number of rotatable bonds is 5. The Bertz CT molecular complexity index is 854. The van der Waals surface area contributed by atoms with E-state index in [4.69, 9.17) is 69.6 Å². The van der Waals surface area contributed by atoms with E-state index in [2.05, 4.69) is 10.6 Å². The molecular formula is C17H12Cl6N2O2. The van der Waals surface area contributed by atoms with Crippen molar-refractivity contribution < 1.29 is 9.59 Å². The highest BCUT2D eigenvalue weighted by atomic mass is 35.6. The van der Waals surface area contributed by atoms with Crippen LogP contribution in [0.15, 0.2) is 42.5 Å². The molecule has 2 amide bonds. The number of halogens is 6. The lowest BCUT2D eigenvalue weighted by Gasteiger charge is -2.25. The highest BCUT2D eigenvalue weighted by Crippen LogP contribution is 2.33. The molecule has 0 saturated carbocycles. The zero-order valence-electron chi connectivity index (χ0n) is 13.4. The molecule has 2 aromatic carbocycles. The van der Waals surface area contributed by atoms with E-state index in [-0.39, 0.29) is 17.0 Å². The van der Waals surface area contributed by atoms with E-state index in [1.165, 1.54) is 18.2 Å². The number of hydrogen-bond acceptors (Lipinski definition) is 2. The monoisotopic (exact) mass is 486 g/mol. The number of alkyl halides is 3. The van der Waals surface area contributed by atoms with Gasteiger partial charge in [0.05, 0.1) is 11.1 Å². The third kappa shape index (κ3) is 6.90. The molecule has 0 radical (unpaired) electrons. The molecule has 0 bridgehead atoms. The minimum absolute atomic E-state index is 0.166. The van der Waals surface area contributed by atoms with Crippen molar-refractivity contribution in [1.82, 2.24) is 5.32 Å². The smallest absolute Gasteiger partial charge is 0.319 e. The Morgan fingerprint density at radius 1 is 0.963 bits per heavy atom. The average molecular weight is 489 g/mol. The zero-order chi connectivity index (χ0) is 20.2. The summed E-state index contributed by atoms with van der Waals surface area (Å²) < 4.78 is -1.93. The predicted molar refractivity (Wildman–Crippen MR) is 113 cm³/mol. The Balaban J connectivity index is 2.11. The van der Waals surface area contributed by atoms with Crippen molar-refractivity contribution in [3.63, 3.8) is 0 Å². The number of Topliss-reactive ketones (excluding diaryl/α,β-unsaturated/α-hetero) is 1. The predicted octanol–water partition coefficient (Wildman–Crippen LogP) is 6.78. The summed E-state index contributed by atoms with van der Waals surface area (Å²) in [5.74, 6) is -0.420. The van der Waals surface area contributed by atoms with Crippen molar-refractivity contribution in [2.45, 2.75) is 16.3 Å². The summed E-state index contributed by atoms with van der Waals surface area (Å²) in [6.07, 6.45) is -0.291. The van der Waals surface area contributed by atoms with Gasteiger partial charge in [0.15, 0.2) is 5.78 Å². The molecule has 0 spiro atoms. The quantitative estimate of drug-likeness (QED) is 0.360. The summed E-state index contributed by atoms with van der Waals surface area (Å²) in [6, 6.07) is 9.14. The Kier molecular flexibility index (Phi) is 7.93. The van der Waals surface area contributed by atoms with Crippen molar-refractivity contribution in [2.24, 2.45) is 0 Å². The molecule has 4 nitrogen and oxygen atoms in total. The van der Waals surface area contributed by atoms with Gasteiger partial charge < -0.3 is 10.6 Å². The van der Waals surface area contributed by atoms with Crippen LogP contribution in [0.2, 0.25) is 15.1 Å². The molecule has 2 aromatic rings. The highest BCUT2D eigenvalue weighted by Gasteiger charge is 2.36. The van der Waals surface area contributed by atoms with Crippen LogP contribution >= 0.6 is 69.6 Å². The SMILES string of the molecule is O=C(Nc1cccc(Cl)c1)NC(CC(=O)c1ccc(Cl)cc1Cl)C(Cl)(Cl)Cl. The first-order valence-corrected chi connectivity index (χ1v) is 9.71. The lowest BCUT2D eigenvalue weighted by molar-refractivity contribution is 0.0971. The second kappa shape index (κ2) is 9.55. The average Bonchev–Trinajstić information content (AvgIpc) is 2.53. The number of carbonyl (C=O) groups excluding carboxylic acids is 2. The van der Waals surface area contributed by atoms with Crippen molar-refractivity contribution in [1.29, 1.82) is 0 Å². The third-order valence-corrected chi connectivity index (χ3v) is 4.98. The van der Waals surface area contributed by atoms with Crippen LogP contribution in [0.4, 0.5) is 10.5 Å². The highest BCUT2D eigenvalue weighted by molar-refractivity contribution is 6.68. The Labute approximate surface area is 186 Å². The second-order valence-corrected chi connectivity index (χ2v) is 9.10. The van der Waals surface area contributed by atoms with Crippen LogP contribution in [0.1, 0.15) is 16.8 Å². The summed E-state index contributed by atoms with van der Waals surface area (Å²) in [5, 5.41) is 6.02. The first-order valence-electron chi connectivity index (χ1n) is 7.44. The third-order valence-electron chi connectivity index (χ3n) is 3.40. The number of benzene rings is 2. The van der Waals surface area contributed by atoms with Crippen LogP contribution in [0.3, 0.4) is 0 Å². The summed E-state index contributed by atoms with van der Waals surface area (Å²) in [6.45, 7) is 0. The number of amides is 2. The first-order chi connectivity index (χ1) is 12.6. The van der Waals surface area contributed by atoms with Crippen molar-refractivity contribution in [2.75, 3.05) is 5.32 Å². The molecule has 2 rings (SSSR count). The molecular weight excluding hydrogens is 477 g/mol.